The Hall–Kier alpha value is -3.35. The Bertz CT molecular complexity index is 967. The highest BCUT2D eigenvalue weighted by molar-refractivity contribution is 5.79. The molecule has 1 fully saturated rings. The number of anilines is 1. The number of hydrogen-bond acceptors (Lipinski definition) is 4. The molecule has 2 heterocycles. The smallest absolute Gasteiger partial charge is 0.227 e. The van der Waals surface area contributed by atoms with Gasteiger partial charge in [0, 0.05) is 31.7 Å². The van der Waals surface area contributed by atoms with Crippen LogP contribution in [-0.4, -0.2) is 47.2 Å². The van der Waals surface area contributed by atoms with Gasteiger partial charge in [0.25, 0.3) is 0 Å². The molecular weight excluding hydrogens is 374 g/mol. The first-order valence-electron chi connectivity index (χ1n) is 9.45. The third-order valence-corrected chi connectivity index (χ3v) is 5.02. The first-order valence-corrected chi connectivity index (χ1v) is 9.45. The molecule has 0 saturated carbocycles. The number of halogens is 2. The lowest BCUT2D eigenvalue weighted by Crippen LogP contribution is -2.49. The molecule has 29 heavy (non-hydrogen) atoms. The van der Waals surface area contributed by atoms with Gasteiger partial charge in [0.2, 0.25) is 5.91 Å². The van der Waals surface area contributed by atoms with Gasteiger partial charge >= 0.3 is 0 Å². The van der Waals surface area contributed by atoms with Gasteiger partial charge in [0.15, 0.2) is 5.82 Å². The maximum Gasteiger partial charge on any atom is 0.227 e. The van der Waals surface area contributed by atoms with Crippen molar-refractivity contribution in [3.8, 4) is 11.3 Å². The predicted octanol–water partition coefficient (Wildman–Crippen LogP) is 3.31. The third kappa shape index (κ3) is 4.56. The molecule has 1 aliphatic rings. The second kappa shape index (κ2) is 8.34. The van der Waals surface area contributed by atoms with Crippen LogP contribution in [0.1, 0.15) is 5.56 Å². The fraction of sp³-hybridized carbons (Fsp3) is 0.227. The lowest BCUT2D eigenvalue weighted by Gasteiger charge is -2.35. The van der Waals surface area contributed by atoms with Gasteiger partial charge in [0.05, 0.1) is 12.1 Å². The maximum atomic E-state index is 13.1. The molecule has 0 bridgehead atoms. The topological polar surface area (TPSA) is 49.3 Å². The highest BCUT2D eigenvalue weighted by Crippen LogP contribution is 2.20. The third-order valence-electron chi connectivity index (χ3n) is 5.02. The fourth-order valence-corrected chi connectivity index (χ4v) is 3.34. The van der Waals surface area contributed by atoms with Gasteiger partial charge in [0.1, 0.15) is 11.6 Å². The Morgan fingerprint density at radius 2 is 1.41 bits per heavy atom. The first-order chi connectivity index (χ1) is 14.1. The molecule has 0 N–H and O–H groups in total. The molecule has 1 saturated heterocycles. The van der Waals surface area contributed by atoms with E-state index in [1.165, 1.54) is 24.3 Å². The summed E-state index contributed by atoms with van der Waals surface area (Å²) in [6.45, 7) is 2.53. The summed E-state index contributed by atoms with van der Waals surface area (Å²) in [5.74, 6) is 0.196. The zero-order valence-corrected chi connectivity index (χ0v) is 15.8. The van der Waals surface area contributed by atoms with Crippen LogP contribution in [0, 0.1) is 11.6 Å². The number of hydrogen-bond donors (Lipinski definition) is 0. The van der Waals surface area contributed by atoms with E-state index in [0.717, 1.165) is 16.9 Å². The van der Waals surface area contributed by atoms with Crippen molar-refractivity contribution in [2.24, 2.45) is 0 Å². The summed E-state index contributed by atoms with van der Waals surface area (Å²) < 4.78 is 26.0. The summed E-state index contributed by atoms with van der Waals surface area (Å²) in [6, 6.07) is 15.9. The molecule has 2 aromatic carbocycles. The zero-order valence-electron chi connectivity index (χ0n) is 15.8. The minimum Gasteiger partial charge on any atom is -0.352 e. The van der Waals surface area contributed by atoms with Crippen molar-refractivity contribution >= 4 is 11.7 Å². The van der Waals surface area contributed by atoms with E-state index in [-0.39, 0.29) is 24.0 Å². The highest BCUT2D eigenvalue weighted by atomic mass is 19.1. The van der Waals surface area contributed by atoms with Gasteiger partial charge < -0.3 is 9.80 Å². The van der Waals surface area contributed by atoms with E-state index in [1.54, 1.807) is 24.3 Å². The summed E-state index contributed by atoms with van der Waals surface area (Å²) in [4.78, 5) is 16.4. The Kier molecular flexibility index (Phi) is 5.46. The second-order valence-corrected chi connectivity index (χ2v) is 6.95. The van der Waals surface area contributed by atoms with Gasteiger partial charge in [-0.15, -0.1) is 10.2 Å². The molecule has 0 unspecified atom stereocenters. The lowest BCUT2D eigenvalue weighted by atomic mass is 10.1. The minimum absolute atomic E-state index is 0.0361. The van der Waals surface area contributed by atoms with E-state index < -0.39 is 0 Å². The maximum absolute atomic E-state index is 13.1. The Labute approximate surface area is 167 Å². The van der Waals surface area contributed by atoms with Crippen molar-refractivity contribution in [2.75, 3.05) is 31.1 Å². The number of amides is 1. The number of piperazine rings is 1. The van der Waals surface area contributed by atoms with E-state index in [4.69, 9.17) is 0 Å². The van der Waals surface area contributed by atoms with Gasteiger partial charge in [-0.1, -0.05) is 12.1 Å². The summed E-state index contributed by atoms with van der Waals surface area (Å²) in [7, 11) is 0. The number of aromatic nitrogens is 2. The van der Waals surface area contributed by atoms with Crippen LogP contribution in [0.2, 0.25) is 0 Å². The number of rotatable bonds is 4. The van der Waals surface area contributed by atoms with Crippen LogP contribution >= 0.6 is 0 Å². The summed E-state index contributed by atoms with van der Waals surface area (Å²) in [5.41, 5.74) is 2.30. The molecule has 0 spiro atoms. The Balaban J connectivity index is 1.33. The van der Waals surface area contributed by atoms with Crippen molar-refractivity contribution in [1.29, 1.82) is 0 Å². The number of carbonyl (C=O) groups is 1. The predicted molar refractivity (Wildman–Crippen MR) is 106 cm³/mol. The number of nitrogens with zero attached hydrogens (tertiary/aromatic N) is 4. The average molecular weight is 394 g/mol. The van der Waals surface area contributed by atoms with Gasteiger partial charge in [-0.25, -0.2) is 8.78 Å². The van der Waals surface area contributed by atoms with Crippen LogP contribution in [0.3, 0.4) is 0 Å². The van der Waals surface area contributed by atoms with E-state index in [2.05, 4.69) is 15.1 Å². The van der Waals surface area contributed by atoms with Crippen molar-refractivity contribution in [1.82, 2.24) is 15.1 Å². The lowest BCUT2D eigenvalue weighted by molar-refractivity contribution is -0.130. The zero-order chi connectivity index (χ0) is 20.2. The number of carbonyl (C=O) groups excluding carboxylic acids is 1. The van der Waals surface area contributed by atoms with Crippen molar-refractivity contribution in [2.45, 2.75) is 6.42 Å². The summed E-state index contributed by atoms with van der Waals surface area (Å²) >= 11 is 0. The molecule has 3 aromatic rings. The van der Waals surface area contributed by atoms with Crippen molar-refractivity contribution < 1.29 is 13.6 Å². The standard InChI is InChI=1S/C22H20F2N4O/c23-18-5-1-16(2-6-18)15-22(29)28-13-11-27(12-14-28)21-10-9-20(25-26-21)17-3-7-19(24)8-4-17/h1-10H,11-15H2. The van der Waals surface area contributed by atoms with Gasteiger partial charge in [-0.05, 0) is 54.1 Å². The molecule has 148 valence electrons. The van der Waals surface area contributed by atoms with Crippen LogP contribution in [-0.2, 0) is 11.2 Å². The van der Waals surface area contributed by atoms with Crippen LogP contribution < -0.4 is 4.90 Å². The Morgan fingerprint density at radius 3 is 2.00 bits per heavy atom. The SMILES string of the molecule is O=C(Cc1ccc(F)cc1)N1CCN(c2ccc(-c3ccc(F)cc3)nn2)CC1. The molecule has 0 aliphatic carbocycles. The highest BCUT2D eigenvalue weighted by Gasteiger charge is 2.22. The van der Waals surface area contributed by atoms with Crippen LogP contribution in [0.4, 0.5) is 14.6 Å². The number of benzene rings is 2. The molecule has 5 nitrogen and oxygen atoms in total. The molecule has 0 radical (unpaired) electrons. The molecule has 0 atom stereocenters. The van der Waals surface area contributed by atoms with Gasteiger partial charge in [-0.3, -0.25) is 4.79 Å². The average Bonchev–Trinajstić information content (AvgIpc) is 2.76. The summed E-state index contributed by atoms with van der Waals surface area (Å²) in [5, 5.41) is 8.54. The largest absolute Gasteiger partial charge is 0.352 e. The van der Waals surface area contributed by atoms with Gasteiger partial charge in [-0.2, -0.15) is 0 Å². The molecule has 7 heteroatoms. The summed E-state index contributed by atoms with van der Waals surface area (Å²) in [6.07, 6.45) is 0.270. The van der Waals surface area contributed by atoms with Crippen LogP contribution in [0.5, 0.6) is 0 Å². The molecule has 1 aromatic heterocycles. The van der Waals surface area contributed by atoms with E-state index in [0.29, 0.717) is 31.9 Å². The molecule has 4 rings (SSSR count). The quantitative estimate of drug-likeness (QED) is 0.681. The molecule has 1 amide bonds. The fourth-order valence-electron chi connectivity index (χ4n) is 3.34. The normalized spacial score (nSPS) is 14.1. The van der Waals surface area contributed by atoms with Crippen LogP contribution in [0.15, 0.2) is 60.7 Å². The van der Waals surface area contributed by atoms with Crippen molar-refractivity contribution in [3.63, 3.8) is 0 Å². The molecule has 1 aliphatic heterocycles. The Morgan fingerprint density at radius 1 is 0.793 bits per heavy atom. The first kappa shape index (κ1) is 19.0. The van der Waals surface area contributed by atoms with E-state index in [1.807, 2.05) is 17.0 Å². The monoisotopic (exact) mass is 394 g/mol. The molecular formula is C22H20F2N4O. The van der Waals surface area contributed by atoms with Crippen molar-refractivity contribution in [3.05, 3.63) is 77.9 Å². The van der Waals surface area contributed by atoms with E-state index in [9.17, 15) is 13.6 Å². The van der Waals surface area contributed by atoms with E-state index >= 15 is 0 Å². The van der Waals surface area contributed by atoms with Crippen LogP contribution in [0.25, 0.3) is 11.3 Å². The second-order valence-electron chi connectivity index (χ2n) is 6.95. The minimum atomic E-state index is -0.304.